The molecule has 8 nitrogen and oxygen atoms in total. The molecule has 0 amide bonds. The molecule has 0 saturated carbocycles. The van der Waals surface area contributed by atoms with Crippen molar-refractivity contribution in [2.75, 3.05) is 12.3 Å². The molecule has 0 spiro atoms. The molecule has 1 fully saturated rings. The van der Waals surface area contributed by atoms with Gasteiger partial charge >= 0.3 is 0 Å². The molecule has 0 unspecified atom stereocenters. The second kappa shape index (κ2) is 4.16. The monoisotopic (exact) mass is 253 g/mol. The van der Waals surface area contributed by atoms with Crippen molar-refractivity contribution in [3.63, 3.8) is 0 Å². The Bertz CT molecular complexity index is 653. The van der Waals surface area contributed by atoms with Crippen LogP contribution in [0.25, 0.3) is 11.2 Å². The molecule has 18 heavy (non-hydrogen) atoms. The first-order chi connectivity index (χ1) is 9.49. The van der Waals surface area contributed by atoms with Crippen LogP contribution in [0.1, 0.15) is 15.3 Å². The zero-order valence-corrected chi connectivity index (χ0v) is 9.26. The van der Waals surface area contributed by atoms with Gasteiger partial charge in [-0.2, -0.15) is 0 Å². The predicted molar refractivity (Wildman–Crippen MR) is 61.4 cm³/mol. The number of nitrogens with two attached hydrogens (primary N) is 1. The van der Waals surface area contributed by atoms with Gasteiger partial charge in [0.2, 0.25) is 0 Å². The van der Waals surface area contributed by atoms with Crippen LogP contribution in [0.3, 0.4) is 0 Å². The number of fused-ring (bicyclic) bond motifs is 1. The summed E-state index contributed by atoms with van der Waals surface area (Å²) in [6.07, 6.45) is -3.08. The molecule has 0 aromatic carbocycles. The maximum Gasteiger partial charge on any atom is 0.167 e. The summed E-state index contributed by atoms with van der Waals surface area (Å²) in [7, 11) is 0. The summed E-state index contributed by atoms with van der Waals surface area (Å²) < 4.78 is 22.8. The van der Waals surface area contributed by atoms with E-state index in [-0.39, 0.29) is 17.0 Å². The van der Waals surface area contributed by atoms with E-state index in [9.17, 15) is 5.11 Å². The second-order valence-electron chi connectivity index (χ2n) is 3.88. The van der Waals surface area contributed by atoms with Crippen LogP contribution in [0.4, 0.5) is 5.82 Å². The quantitative estimate of drug-likeness (QED) is 0.631. The van der Waals surface area contributed by atoms with E-state index in [1.807, 2.05) is 0 Å². The first-order valence-corrected chi connectivity index (χ1v) is 5.32. The molecule has 8 heteroatoms. The number of nitrogen functional groups attached to an aromatic ring is 1. The average molecular weight is 253 g/mol. The SMILES string of the molecule is [2H][C@@H]1[C@H](O)[C@@H](CO)O[C@@]1([2H])n1cnc2c(N)ncnc21. The summed E-state index contributed by atoms with van der Waals surface area (Å²) in [5.41, 5.74) is 6.18. The first kappa shape index (κ1) is 9.20. The fraction of sp³-hybridized carbons (Fsp3) is 0.500. The van der Waals surface area contributed by atoms with Gasteiger partial charge in [0.05, 0.1) is 20.4 Å². The number of ether oxygens (including phenoxy) is 1. The Morgan fingerprint density at radius 1 is 1.61 bits per heavy atom. The molecular formula is C10H13N5O3. The number of imidazole rings is 1. The molecule has 96 valence electrons. The van der Waals surface area contributed by atoms with Crippen molar-refractivity contribution in [1.82, 2.24) is 19.5 Å². The van der Waals surface area contributed by atoms with Crippen molar-refractivity contribution in [2.24, 2.45) is 0 Å². The van der Waals surface area contributed by atoms with Gasteiger partial charge in [-0.25, -0.2) is 15.0 Å². The highest BCUT2D eigenvalue weighted by molar-refractivity contribution is 5.81. The molecule has 4 N–H and O–H groups in total. The lowest BCUT2D eigenvalue weighted by atomic mass is 10.2. The molecule has 2 aromatic rings. The van der Waals surface area contributed by atoms with Gasteiger partial charge in [-0.05, 0) is 0 Å². The number of anilines is 1. The summed E-state index contributed by atoms with van der Waals surface area (Å²) in [5, 5.41) is 19.0. The van der Waals surface area contributed by atoms with Crippen LogP contribution in [-0.2, 0) is 4.74 Å². The largest absolute Gasteiger partial charge is 0.394 e. The van der Waals surface area contributed by atoms with Gasteiger partial charge in [0, 0.05) is 7.77 Å². The second-order valence-corrected chi connectivity index (χ2v) is 3.88. The molecular weight excluding hydrogens is 238 g/mol. The molecule has 0 bridgehead atoms. The summed E-state index contributed by atoms with van der Waals surface area (Å²) in [6, 6.07) is 0. The minimum absolute atomic E-state index is 0.149. The number of rotatable bonds is 2. The van der Waals surface area contributed by atoms with E-state index < -0.39 is 31.4 Å². The number of nitrogens with zero attached hydrogens (tertiary/aromatic N) is 4. The van der Waals surface area contributed by atoms with Crippen LogP contribution in [0.5, 0.6) is 0 Å². The van der Waals surface area contributed by atoms with Gasteiger partial charge in [0.25, 0.3) is 0 Å². The van der Waals surface area contributed by atoms with Crippen LogP contribution in [0.15, 0.2) is 12.7 Å². The van der Waals surface area contributed by atoms with Crippen molar-refractivity contribution >= 4 is 17.0 Å². The lowest BCUT2D eigenvalue weighted by Crippen LogP contribution is -2.24. The van der Waals surface area contributed by atoms with Crippen molar-refractivity contribution < 1.29 is 17.7 Å². The van der Waals surface area contributed by atoms with E-state index in [0.717, 1.165) is 0 Å². The Kier molecular flexibility index (Phi) is 2.13. The van der Waals surface area contributed by atoms with Crippen LogP contribution >= 0.6 is 0 Å². The molecule has 4 atom stereocenters. The molecule has 3 heterocycles. The summed E-state index contributed by atoms with van der Waals surface area (Å²) in [6.45, 7) is -0.485. The Balaban J connectivity index is 2.13. The molecule has 2 aromatic heterocycles. The van der Waals surface area contributed by atoms with Gasteiger partial charge in [-0.3, -0.25) is 4.57 Å². The fourth-order valence-corrected chi connectivity index (χ4v) is 1.81. The van der Waals surface area contributed by atoms with Crippen LogP contribution in [0, 0.1) is 0 Å². The smallest absolute Gasteiger partial charge is 0.167 e. The maximum absolute atomic E-state index is 9.83. The zero-order valence-electron chi connectivity index (χ0n) is 11.3. The fourth-order valence-electron chi connectivity index (χ4n) is 1.81. The standard InChI is InChI=1S/C10H13N5O3/c11-9-8-10(13-3-12-9)15(4-14-8)7-1-5(17)6(2-16)18-7/h3-7,16-17H,1-2H2,(H2,11,12,13)/t5-,6+,7+/m0/s1/i1D,7D/t1-,5+,6-,7-/m1. The van der Waals surface area contributed by atoms with Crippen LogP contribution in [0.2, 0.25) is 0 Å². The Labute approximate surface area is 105 Å². The van der Waals surface area contributed by atoms with Gasteiger partial charge < -0.3 is 20.7 Å². The van der Waals surface area contributed by atoms with Crippen molar-refractivity contribution in [2.45, 2.75) is 24.8 Å². The molecule has 1 saturated heterocycles. The number of aliphatic hydroxyl groups excluding tert-OH is 2. The predicted octanol–water partition coefficient (Wildman–Crippen LogP) is -0.951. The van der Waals surface area contributed by atoms with E-state index in [0.29, 0.717) is 0 Å². The maximum atomic E-state index is 9.83. The third kappa shape index (κ3) is 1.62. The van der Waals surface area contributed by atoms with E-state index in [1.165, 1.54) is 17.2 Å². The van der Waals surface area contributed by atoms with Crippen LogP contribution in [-0.4, -0.2) is 48.5 Å². The zero-order chi connectivity index (χ0) is 14.5. The first-order valence-electron chi connectivity index (χ1n) is 6.39. The van der Waals surface area contributed by atoms with Gasteiger partial charge in [0.1, 0.15) is 24.2 Å². The lowest BCUT2D eigenvalue weighted by Gasteiger charge is -2.13. The van der Waals surface area contributed by atoms with E-state index in [2.05, 4.69) is 15.0 Å². The highest BCUT2D eigenvalue weighted by atomic mass is 16.5. The minimum atomic E-state index is -1.94. The lowest BCUT2D eigenvalue weighted by molar-refractivity contribution is -0.0432. The molecule has 0 aliphatic carbocycles. The summed E-state index contributed by atoms with van der Waals surface area (Å²) >= 11 is 0. The number of hydrogen-bond donors (Lipinski definition) is 3. The van der Waals surface area contributed by atoms with Crippen molar-refractivity contribution in [1.29, 1.82) is 0 Å². The van der Waals surface area contributed by atoms with Gasteiger partial charge in [-0.15, -0.1) is 0 Å². The molecule has 1 aliphatic rings. The number of aromatic nitrogens is 4. The Morgan fingerprint density at radius 3 is 3.17 bits per heavy atom. The third-order valence-corrected chi connectivity index (χ3v) is 2.75. The van der Waals surface area contributed by atoms with Crippen LogP contribution < -0.4 is 5.73 Å². The van der Waals surface area contributed by atoms with Gasteiger partial charge in [-0.1, -0.05) is 0 Å². The van der Waals surface area contributed by atoms with Crippen molar-refractivity contribution in [3.8, 4) is 0 Å². The molecule has 0 radical (unpaired) electrons. The topological polar surface area (TPSA) is 119 Å². The molecule has 1 aliphatic heterocycles. The Hall–Kier alpha value is -1.77. The minimum Gasteiger partial charge on any atom is -0.394 e. The number of aliphatic hydroxyl groups is 2. The average Bonchev–Trinajstić information content (AvgIpc) is 2.96. The van der Waals surface area contributed by atoms with E-state index in [1.54, 1.807) is 0 Å². The Morgan fingerprint density at radius 2 is 2.44 bits per heavy atom. The summed E-state index contributed by atoms with van der Waals surface area (Å²) in [5.74, 6) is 0.149. The normalized spacial score (nSPS) is 37.8. The highest BCUT2D eigenvalue weighted by Crippen LogP contribution is 2.30. The van der Waals surface area contributed by atoms with E-state index in [4.69, 9.17) is 18.3 Å². The molecule has 3 rings (SSSR count). The highest BCUT2D eigenvalue weighted by Gasteiger charge is 2.35. The number of hydrogen-bond acceptors (Lipinski definition) is 7. The van der Waals surface area contributed by atoms with E-state index >= 15 is 0 Å². The third-order valence-electron chi connectivity index (χ3n) is 2.75. The van der Waals surface area contributed by atoms with Gasteiger partial charge in [0.15, 0.2) is 11.5 Å². The summed E-state index contributed by atoms with van der Waals surface area (Å²) in [4.78, 5) is 11.8. The van der Waals surface area contributed by atoms with Crippen molar-refractivity contribution in [3.05, 3.63) is 12.7 Å².